The summed E-state index contributed by atoms with van der Waals surface area (Å²) in [4.78, 5) is 2.42. The molecule has 0 aliphatic heterocycles. The van der Waals surface area contributed by atoms with Crippen LogP contribution in [-0.2, 0) is 6.54 Å². The Morgan fingerprint density at radius 3 is 2.47 bits per heavy atom. The molecule has 0 saturated heterocycles. The Labute approximate surface area is 119 Å². The highest BCUT2D eigenvalue weighted by Crippen LogP contribution is 2.25. The molecule has 0 spiro atoms. The number of aryl methyl sites for hydroxylation is 1. The molecule has 1 rings (SSSR count). The molecule has 0 heterocycles. The van der Waals surface area contributed by atoms with Crippen LogP contribution in [0.1, 0.15) is 44.2 Å². The van der Waals surface area contributed by atoms with Crippen LogP contribution in [0.5, 0.6) is 0 Å². The Bertz CT molecular complexity index is 371. The third kappa shape index (κ3) is 6.22. The molecule has 0 radical (unpaired) electrons. The Balaban J connectivity index is 2.32. The van der Waals surface area contributed by atoms with Crippen LogP contribution < -0.4 is 5.73 Å². The van der Waals surface area contributed by atoms with Crippen molar-refractivity contribution in [3.05, 3.63) is 35.4 Å². The van der Waals surface area contributed by atoms with E-state index in [4.69, 9.17) is 5.73 Å². The standard InChI is InChI=1S/C17H30N2/c1-15-8-5-6-9-16(15)14-19(4)13-7-10-17(2,3)11-12-18/h5-6,8-9H,7,10-14,18H2,1-4H3. The minimum absolute atomic E-state index is 0.387. The molecule has 0 amide bonds. The van der Waals surface area contributed by atoms with Gasteiger partial charge >= 0.3 is 0 Å². The fraction of sp³-hybridized carbons (Fsp3) is 0.647. The van der Waals surface area contributed by atoms with E-state index >= 15 is 0 Å². The SMILES string of the molecule is Cc1ccccc1CN(C)CCCC(C)(C)CCN. The van der Waals surface area contributed by atoms with Crippen molar-refractivity contribution >= 4 is 0 Å². The lowest BCUT2D eigenvalue weighted by atomic mass is 9.84. The highest BCUT2D eigenvalue weighted by atomic mass is 15.1. The first kappa shape index (κ1) is 16.2. The van der Waals surface area contributed by atoms with Crippen LogP contribution in [0, 0.1) is 12.3 Å². The predicted octanol–water partition coefficient (Wildman–Crippen LogP) is 3.58. The average molecular weight is 262 g/mol. The summed E-state index contributed by atoms with van der Waals surface area (Å²) in [6, 6.07) is 8.65. The van der Waals surface area contributed by atoms with Crippen molar-refractivity contribution < 1.29 is 0 Å². The zero-order valence-electron chi connectivity index (χ0n) is 13.1. The second-order valence-electron chi connectivity index (χ2n) is 6.47. The lowest BCUT2D eigenvalue weighted by Crippen LogP contribution is -2.23. The van der Waals surface area contributed by atoms with E-state index in [2.05, 4.69) is 57.0 Å². The fourth-order valence-corrected chi connectivity index (χ4v) is 2.50. The van der Waals surface area contributed by atoms with Crippen molar-refractivity contribution in [3.63, 3.8) is 0 Å². The Kier molecular flexibility index (Phi) is 6.53. The van der Waals surface area contributed by atoms with Crippen molar-refractivity contribution in [2.24, 2.45) is 11.1 Å². The van der Waals surface area contributed by atoms with Crippen molar-refractivity contribution in [3.8, 4) is 0 Å². The van der Waals surface area contributed by atoms with Crippen molar-refractivity contribution in [2.45, 2.75) is 46.6 Å². The summed E-state index contributed by atoms with van der Waals surface area (Å²) in [5.41, 5.74) is 8.86. The van der Waals surface area contributed by atoms with Gasteiger partial charge in [-0.1, -0.05) is 38.1 Å². The number of nitrogens with zero attached hydrogens (tertiary/aromatic N) is 1. The first-order valence-electron chi connectivity index (χ1n) is 7.38. The van der Waals surface area contributed by atoms with E-state index in [1.165, 1.54) is 24.0 Å². The maximum atomic E-state index is 5.65. The number of rotatable bonds is 8. The Hall–Kier alpha value is -0.860. The summed E-state index contributed by atoms with van der Waals surface area (Å²) in [5, 5.41) is 0. The molecule has 2 N–H and O–H groups in total. The number of benzene rings is 1. The van der Waals surface area contributed by atoms with Crippen molar-refractivity contribution in [2.75, 3.05) is 20.1 Å². The van der Waals surface area contributed by atoms with Gasteiger partial charge in [0.1, 0.15) is 0 Å². The molecule has 1 aromatic carbocycles. The zero-order chi connectivity index (χ0) is 14.3. The second-order valence-corrected chi connectivity index (χ2v) is 6.47. The average Bonchev–Trinajstić information content (AvgIpc) is 2.31. The summed E-state index contributed by atoms with van der Waals surface area (Å²) in [5.74, 6) is 0. The smallest absolute Gasteiger partial charge is 0.0233 e. The number of nitrogens with two attached hydrogens (primary N) is 1. The Morgan fingerprint density at radius 1 is 1.16 bits per heavy atom. The molecule has 0 bridgehead atoms. The summed E-state index contributed by atoms with van der Waals surface area (Å²) in [6.07, 6.45) is 3.62. The zero-order valence-corrected chi connectivity index (χ0v) is 13.1. The van der Waals surface area contributed by atoms with E-state index in [1.807, 2.05) is 0 Å². The lowest BCUT2D eigenvalue weighted by molar-refractivity contribution is 0.259. The molecule has 0 aliphatic rings. The van der Waals surface area contributed by atoms with Gasteiger partial charge in [-0.05, 0) is 62.9 Å². The molecule has 2 nitrogen and oxygen atoms in total. The highest BCUT2D eigenvalue weighted by Gasteiger charge is 2.16. The molecular formula is C17H30N2. The number of hydrogen-bond acceptors (Lipinski definition) is 2. The molecule has 1 aromatic rings. The van der Waals surface area contributed by atoms with Gasteiger partial charge in [-0.2, -0.15) is 0 Å². The van der Waals surface area contributed by atoms with E-state index in [0.717, 1.165) is 26.1 Å². The molecular weight excluding hydrogens is 232 g/mol. The van der Waals surface area contributed by atoms with Crippen LogP contribution in [0.15, 0.2) is 24.3 Å². The Morgan fingerprint density at radius 2 is 1.84 bits per heavy atom. The van der Waals surface area contributed by atoms with Crippen molar-refractivity contribution in [1.82, 2.24) is 4.90 Å². The van der Waals surface area contributed by atoms with Gasteiger partial charge in [0.2, 0.25) is 0 Å². The topological polar surface area (TPSA) is 29.3 Å². The van der Waals surface area contributed by atoms with E-state index < -0.39 is 0 Å². The first-order valence-corrected chi connectivity index (χ1v) is 7.38. The first-order chi connectivity index (χ1) is 8.94. The van der Waals surface area contributed by atoms with Gasteiger partial charge in [-0.15, -0.1) is 0 Å². The van der Waals surface area contributed by atoms with Crippen LogP contribution in [0.25, 0.3) is 0 Å². The summed E-state index contributed by atoms with van der Waals surface area (Å²) in [7, 11) is 2.21. The van der Waals surface area contributed by atoms with Crippen LogP contribution in [0.2, 0.25) is 0 Å². The minimum atomic E-state index is 0.387. The summed E-state index contributed by atoms with van der Waals surface area (Å²) < 4.78 is 0. The molecule has 0 aliphatic carbocycles. The van der Waals surface area contributed by atoms with Gasteiger partial charge in [-0.25, -0.2) is 0 Å². The molecule has 2 heteroatoms. The molecule has 0 aromatic heterocycles. The van der Waals surface area contributed by atoms with Crippen LogP contribution in [0.3, 0.4) is 0 Å². The van der Waals surface area contributed by atoms with E-state index in [9.17, 15) is 0 Å². The van der Waals surface area contributed by atoms with Crippen LogP contribution >= 0.6 is 0 Å². The summed E-state index contributed by atoms with van der Waals surface area (Å²) >= 11 is 0. The normalized spacial score (nSPS) is 12.1. The van der Waals surface area contributed by atoms with Gasteiger partial charge in [0.05, 0.1) is 0 Å². The molecule has 0 atom stereocenters. The molecule has 0 saturated carbocycles. The molecule has 0 unspecified atom stereocenters. The van der Waals surface area contributed by atoms with E-state index in [-0.39, 0.29) is 0 Å². The van der Waals surface area contributed by atoms with Gasteiger partial charge in [0.15, 0.2) is 0 Å². The fourth-order valence-electron chi connectivity index (χ4n) is 2.50. The molecule has 19 heavy (non-hydrogen) atoms. The van der Waals surface area contributed by atoms with Gasteiger partial charge in [0, 0.05) is 6.54 Å². The number of hydrogen-bond donors (Lipinski definition) is 1. The maximum absolute atomic E-state index is 5.65. The lowest BCUT2D eigenvalue weighted by Gasteiger charge is -2.25. The summed E-state index contributed by atoms with van der Waals surface area (Å²) in [6.45, 7) is 9.83. The van der Waals surface area contributed by atoms with Gasteiger partial charge in [0.25, 0.3) is 0 Å². The molecule has 0 fully saturated rings. The third-order valence-corrected chi connectivity index (χ3v) is 3.92. The maximum Gasteiger partial charge on any atom is 0.0233 e. The monoisotopic (exact) mass is 262 g/mol. The molecule has 108 valence electrons. The highest BCUT2D eigenvalue weighted by molar-refractivity contribution is 5.25. The largest absolute Gasteiger partial charge is 0.330 e. The second kappa shape index (κ2) is 7.66. The van der Waals surface area contributed by atoms with Crippen LogP contribution in [0.4, 0.5) is 0 Å². The third-order valence-electron chi connectivity index (χ3n) is 3.92. The minimum Gasteiger partial charge on any atom is -0.330 e. The van der Waals surface area contributed by atoms with E-state index in [0.29, 0.717) is 5.41 Å². The van der Waals surface area contributed by atoms with E-state index in [1.54, 1.807) is 0 Å². The van der Waals surface area contributed by atoms with Crippen LogP contribution in [-0.4, -0.2) is 25.0 Å². The van der Waals surface area contributed by atoms with Gasteiger partial charge in [-0.3, -0.25) is 0 Å². The van der Waals surface area contributed by atoms with Crippen molar-refractivity contribution in [1.29, 1.82) is 0 Å². The predicted molar refractivity (Wildman–Crippen MR) is 84.2 cm³/mol. The van der Waals surface area contributed by atoms with Gasteiger partial charge < -0.3 is 10.6 Å². The quantitative estimate of drug-likeness (QED) is 0.776.